The predicted octanol–water partition coefficient (Wildman–Crippen LogP) is 2.80. The Labute approximate surface area is 178 Å². The molecule has 8 heteroatoms. The maximum atomic E-state index is 13.1. The molecule has 1 aliphatic heterocycles. The van der Waals surface area contributed by atoms with Crippen LogP contribution in [0.5, 0.6) is 0 Å². The van der Waals surface area contributed by atoms with Crippen molar-refractivity contribution < 1.29 is 13.2 Å². The first-order chi connectivity index (χ1) is 14.3. The van der Waals surface area contributed by atoms with E-state index in [-0.39, 0.29) is 16.2 Å². The van der Waals surface area contributed by atoms with Gasteiger partial charge >= 0.3 is 0 Å². The van der Waals surface area contributed by atoms with Crippen molar-refractivity contribution in [2.24, 2.45) is 10.7 Å². The summed E-state index contributed by atoms with van der Waals surface area (Å²) in [6, 6.07) is 4.77. The Morgan fingerprint density at radius 3 is 2.77 bits per heavy atom. The van der Waals surface area contributed by atoms with Gasteiger partial charge in [-0.2, -0.15) is 0 Å². The molecule has 2 rings (SSSR count). The highest BCUT2D eigenvalue weighted by atomic mass is 32.2. The molecular weight excluding hydrogens is 400 g/mol. The number of amides is 1. The molecule has 1 unspecified atom stereocenters. The second-order valence-corrected chi connectivity index (χ2v) is 9.01. The summed E-state index contributed by atoms with van der Waals surface area (Å²) in [5.74, 6) is -0.436. The van der Waals surface area contributed by atoms with E-state index < -0.39 is 21.0 Å². The van der Waals surface area contributed by atoms with Crippen LogP contribution in [0.1, 0.15) is 25.8 Å². The minimum atomic E-state index is -3.73. The Morgan fingerprint density at radius 2 is 2.13 bits per heavy atom. The fraction of sp³-hybridized carbons (Fsp3) is 0.273. The van der Waals surface area contributed by atoms with E-state index in [1.807, 2.05) is 13.0 Å². The number of carbonyl (C=O) groups is 1. The van der Waals surface area contributed by atoms with Gasteiger partial charge in [-0.15, -0.1) is 0 Å². The molecule has 1 amide bonds. The van der Waals surface area contributed by atoms with Crippen LogP contribution in [0, 0.1) is 0 Å². The lowest BCUT2D eigenvalue weighted by molar-refractivity contribution is -0.112. The third kappa shape index (κ3) is 5.07. The number of nitrogens with one attached hydrogen (secondary N) is 2. The molecule has 7 nitrogen and oxygen atoms in total. The number of anilines is 1. The Hall–Kier alpha value is -3.13. The molecule has 0 radical (unpaired) electrons. The normalized spacial score (nSPS) is 20.2. The SMILES string of the molecule is C=C(NCC(C=NC)=CN)c1ccc2c(c1)NC(=O)/C(=C/C=C\CC)C(C)S2(=O)=O. The number of aliphatic imine (C=N–C) groups is 1. The van der Waals surface area contributed by atoms with Gasteiger partial charge in [-0.3, -0.25) is 9.79 Å². The Morgan fingerprint density at radius 1 is 1.40 bits per heavy atom. The predicted molar refractivity (Wildman–Crippen MR) is 123 cm³/mol. The van der Waals surface area contributed by atoms with Crippen LogP contribution < -0.4 is 16.4 Å². The summed E-state index contributed by atoms with van der Waals surface area (Å²) in [4.78, 5) is 16.7. The van der Waals surface area contributed by atoms with E-state index in [1.54, 1.807) is 37.5 Å². The second-order valence-electron chi connectivity index (χ2n) is 6.77. The molecule has 0 saturated carbocycles. The average Bonchev–Trinajstić information content (AvgIpc) is 2.79. The molecule has 0 spiro atoms. The number of allylic oxidation sites excluding steroid dienone is 3. The third-order valence-electron chi connectivity index (χ3n) is 4.71. The standard InChI is InChI=1S/C22H28N4O3S/c1-5-6-7-8-19-16(3)30(28,29)21-10-9-18(11-20(21)26-22(19)27)15(2)25-14-17(12-23)13-24-4/h6-13,16,25H,2,5,14,23H2,1,3-4H3,(H,26,27)/b7-6-,17-12?,19-8+,24-13?. The molecule has 1 heterocycles. The quantitative estimate of drug-likeness (QED) is 0.456. The minimum Gasteiger partial charge on any atom is -0.404 e. The molecule has 0 aromatic heterocycles. The van der Waals surface area contributed by atoms with Crippen LogP contribution in [0.2, 0.25) is 0 Å². The van der Waals surface area contributed by atoms with Gasteiger partial charge in [0.1, 0.15) is 0 Å². The minimum absolute atomic E-state index is 0.0865. The number of nitrogens with zero attached hydrogens (tertiary/aromatic N) is 1. The van der Waals surface area contributed by atoms with E-state index in [2.05, 4.69) is 22.2 Å². The van der Waals surface area contributed by atoms with Crippen LogP contribution in [-0.4, -0.2) is 39.4 Å². The number of sulfone groups is 1. The highest BCUT2D eigenvalue weighted by Crippen LogP contribution is 2.33. The van der Waals surface area contributed by atoms with Gasteiger partial charge in [-0.1, -0.05) is 37.8 Å². The van der Waals surface area contributed by atoms with Crippen LogP contribution in [0.4, 0.5) is 5.69 Å². The molecule has 1 aliphatic rings. The third-order valence-corrected chi connectivity index (χ3v) is 6.86. The van der Waals surface area contributed by atoms with Crippen LogP contribution in [0.25, 0.3) is 5.70 Å². The molecule has 160 valence electrons. The van der Waals surface area contributed by atoms with Gasteiger partial charge < -0.3 is 16.4 Å². The summed E-state index contributed by atoms with van der Waals surface area (Å²) in [7, 11) is -2.09. The van der Waals surface area contributed by atoms with Crippen LogP contribution in [0.15, 0.2) is 70.2 Å². The van der Waals surface area contributed by atoms with Crippen LogP contribution in [-0.2, 0) is 14.6 Å². The van der Waals surface area contributed by atoms with Gasteiger partial charge in [0, 0.05) is 42.9 Å². The van der Waals surface area contributed by atoms with E-state index >= 15 is 0 Å². The molecule has 1 aromatic carbocycles. The van der Waals surface area contributed by atoms with Gasteiger partial charge in [-0.25, -0.2) is 8.42 Å². The van der Waals surface area contributed by atoms with Crippen molar-refractivity contribution >= 4 is 33.3 Å². The maximum absolute atomic E-state index is 13.1. The number of hydrogen-bond acceptors (Lipinski definition) is 6. The van der Waals surface area contributed by atoms with Crippen LogP contribution >= 0.6 is 0 Å². The van der Waals surface area contributed by atoms with Gasteiger partial charge in [0.25, 0.3) is 5.91 Å². The average molecular weight is 429 g/mol. The zero-order valence-electron chi connectivity index (χ0n) is 17.5. The van der Waals surface area contributed by atoms with E-state index in [0.29, 0.717) is 17.8 Å². The van der Waals surface area contributed by atoms with E-state index in [4.69, 9.17) is 5.73 Å². The number of carbonyl (C=O) groups excluding carboxylic acids is 1. The number of nitrogens with two attached hydrogens (primary N) is 1. The highest BCUT2D eigenvalue weighted by molar-refractivity contribution is 7.92. The Balaban J connectivity index is 2.38. The van der Waals surface area contributed by atoms with Crippen LogP contribution in [0.3, 0.4) is 0 Å². The van der Waals surface area contributed by atoms with Gasteiger partial charge in [0.05, 0.1) is 15.8 Å². The monoisotopic (exact) mass is 428 g/mol. The van der Waals surface area contributed by atoms with Crippen molar-refractivity contribution in [2.75, 3.05) is 18.9 Å². The van der Waals surface area contributed by atoms with E-state index in [0.717, 1.165) is 12.0 Å². The van der Waals surface area contributed by atoms with Crippen molar-refractivity contribution in [3.05, 3.63) is 65.9 Å². The number of benzene rings is 1. The Bertz CT molecular complexity index is 1050. The first kappa shape index (κ1) is 23.2. The summed E-state index contributed by atoms with van der Waals surface area (Å²) in [6.07, 6.45) is 8.99. The molecule has 1 aromatic rings. The lowest BCUT2D eigenvalue weighted by Gasteiger charge is -2.14. The van der Waals surface area contributed by atoms with Gasteiger partial charge in [-0.05, 0) is 31.0 Å². The summed E-state index contributed by atoms with van der Waals surface area (Å²) in [6.45, 7) is 7.89. The topological polar surface area (TPSA) is 114 Å². The summed E-state index contributed by atoms with van der Waals surface area (Å²) in [5, 5.41) is 4.90. The first-order valence-corrected chi connectivity index (χ1v) is 11.1. The number of fused-ring (bicyclic) bond motifs is 1. The first-order valence-electron chi connectivity index (χ1n) is 9.58. The van der Waals surface area contributed by atoms with Crippen molar-refractivity contribution in [1.82, 2.24) is 5.32 Å². The molecule has 30 heavy (non-hydrogen) atoms. The van der Waals surface area contributed by atoms with Crippen molar-refractivity contribution in [3.63, 3.8) is 0 Å². The molecule has 0 bridgehead atoms. The largest absolute Gasteiger partial charge is 0.404 e. The molecule has 1 atom stereocenters. The molecule has 0 fully saturated rings. The molecular formula is C22H28N4O3S. The highest BCUT2D eigenvalue weighted by Gasteiger charge is 2.35. The van der Waals surface area contributed by atoms with E-state index in [9.17, 15) is 13.2 Å². The zero-order chi connectivity index (χ0) is 22.3. The summed E-state index contributed by atoms with van der Waals surface area (Å²) in [5.41, 5.74) is 7.98. The lowest BCUT2D eigenvalue weighted by atomic mass is 10.1. The van der Waals surface area contributed by atoms with Crippen molar-refractivity contribution in [3.8, 4) is 0 Å². The Kier molecular flexibility index (Phi) is 7.77. The molecule has 0 aliphatic carbocycles. The van der Waals surface area contributed by atoms with Gasteiger partial charge in [0.15, 0.2) is 9.84 Å². The van der Waals surface area contributed by atoms with E-state index in [1.165, 1.54) is 19.2 Å². The zero-order valence-corrected chi connectivity index (χ0v) is 18.3. The fourth-order valence-electron chi connectivity index (χ4n) is 2.94. The van der Waals surface area contributed by atoms with Gasteiger partial charge in [0.2, 0.25) is 0 Å². The van der Waals surface area contributed by atoms with Crippen molar-refractivity contribution in [1.29, 1.82) is 0 Å². The van der Waals surface area contributed by atoms with Crippen molar-refractivity contribution in [2.45, 2.75) is 30.4 Å². The second kappa shape index (κ2) is 10.1. The number of hydrogen-bond donors (Lipinski definition) is 3. The fourth-order valence-corrected chi connectivity index (χ4v) is 4.52. The molecule has 0 saturated heterocycles. The number of rotatable bonds is 7. The summed E-state index contributed by atoms with van der Waals surface area (Å²) < 4.78 is 26.2. The summed E-state index contributed by atoms with van der Waals surface area (Å²) >= 11 is 0. The lowest BCUT2D eigenvalue weighted by Crippen LogP contribution is -2.24. The smallest absolute Gasteiger partial charge is 0.252 e. The molecule has 4 N–H and O–H groups in total. The maximum Gasteiger partial charge on any atom is 0.252 e.